The highest BCUT2D eigenvalue weighted by atomic mass is 35.5. The van der Waals surface area contributed by atoms with Crippen molar-refractivity contribution in [3.8, 4) is 5.75 Å². The van der Waals surface area contributed by atoms with Crippen LogP contribution < -0.4 is 10.1 Å². The Morgan fingerprint density at radius 2 is 2.03 bits per heavy atom. The standard InChI is InChI=1S/C20H20ClF4N3O5/c21-14-3-2-12(6-15(14)22)30-9-17(29)26-11-1-4-16(31-8-11)19-28-27-18(33-19)13-5-10(13)7-32-20(23,24)25/h2-3,6,10-11,13,16H,1,4-5,7-9H2,(H,26,29)/t10-,11+,13+,16-/m1/s1. The Labute approximate surface area is 190 Å². The fourth-order valence-electron chi connectivity index (χ4n) is 3.51. The largest absolute Gasteiger partial charge is 0.522 e. The minimum Gasteiger partial charge on any atom is -0.484 e. The van der Waals surface area contributed by atoms with E-state index in [0.717, 1.165) is 6.07 Å². The Morgan fingerprint density at radius 3 is 2.73 bits per heavy atom. The number of hydrogen-bond donors (Lipinski definition) is 1. The van der Waals surface area contributed by atoms with Gasteiger partial charge in [-0.05, 0) is 37.3 Å². The molecule has 0 unspecified atom stereocenters. The van der Waals surface area contributed by atoms with Crippen molar-refractivity contribution in [1.82, 2.24) is 15.5 Å². The molecule has 2 heterocycles. The summed E-state index contributed by atoms with van der Waals surface area (Å²) in [7, 11) is 0. The lowest BCUT2D eigenvalue weighted by Gasteiger charge is -2.27. The van der Waals surface area contributed by atoms with Crippen molar-refractivity contribution in [3.63, 3.8) is 0 Å². The summed E-state index contributed by atoms with van der Waals surface area (Å²) in [5.74, 6) is -0.879. The van der Waals surface area contributed by atoms with Gasteiger partial charge in [0.2, 0.25) is 11.8 Å². The molecule has 1 amide bonds. The molecule has 180 valence electrons. The molecule has 0 spiro atoms. The van der Waals surface area contributed by atoms with E-state index in [1.807, 2.05) is 0 Å². The van der Waals surface area contributed by atoms with Gasteiger partial charge in [0.1, 0.15) is 17.7 Å². The highest BCUT2D eigenvalue weighted by molar-refractivity contribution is 6.30. The van der Waals surface area contributed by atoms with E-state index in [-0.39, 0.29) is 53.6 Å². The zero-order valence-electron chi connectivity index (χ0n) is 17.1. The number of ether oxygens (including phenoxy) is 3. The number of carbonyl (C=O) groups is 1. The maximum absolute atomic E-state index is 13.4. The molecule has 0 bridgehead atoms. The number of alkyl halides is 3. The summed E-state index contributed by atoms with van der Waals surface area (Å²) in [5, 5.41) is 10.6. The Kier molecular flexibility index (Phi) is 7.05. The molecule has 1 aliphatic heterocycles. The number of carbonyl (C=O) groups excluding carboxylic acids is 1. The van der Waals surface area contributed by atoms with Gasteiger partial charge in [-0.1, -0.05) is 11.6 Å². The Morgan fingerprint density at radius 1 is 1.24 bits per heavy atom. The van der Waals surface area contributed by atoms with Gasteiger partial charge in [-0.2, -0.15) is 0 Å². The van der Waals surface area contributed by atoms with E-state index in [4.69, 9.17) is 25.5 Å². The van der Waals surface area contributed by atoms with Crippen LogP contribution in [-0.4, -0.2) is 48.3 Å². The molecule has 1 aromatic heterocycles. The second-order valence-corrected chi connectivity index (χ2v) is 8.27. The van der Waals surface area contributed by atoms with Crippen molar-refractivity contribution in [2.24, 2.45) is 5.92 Å². The summed E-state index contributed by atoms with van der Waals surface area (Å²) in [5.41, 5.74) is 0. The average Bonchev–Trinajstić information content (AvgIpc) is 3.39. The average molecular weight is 494 g/mol. The lowest BCUT2D eigenvalue weighted by Crippen LogP contribution is -2.43. The number of halogens is 5. The molecule has 33 heavy (non-hydrogen) atoms. The molecule has 1 saturated heterocycles. The van der Waals surface area contributed by atoms with Crippen LogP contribution in [0.15, 0.2) is 22.6 Å². The fraction of sp³-hybridized carbons (Fsp3) is 0.550. The van der Waals surface area contributed by atoms with Crippen LogP contribution in [0.5, 0.6) is 5.75 Å². The van der Waals surface area contributed by atoms with E-state index < -0.39 is 30.8 Å². The first-order chi connectivity index (χ1) is 15.7. The minimum absolute atomic E-state index is 0.0403. The predicted molar refractivity (Wildman–Crippen MR) is 104 cm³/mol. The summed E-state index contributed by atoms with van der Waals surface area (Å²) in [6, 6.07) is 3.63. The number of benzene rings is 1. The van der Waals surface area contributed by atoms with E-state index in [2.05, 4.69) is 20.3 Å². The van der Waals surface area contributed by atoms with Crippen LogP contribution in [-0.2, 0) is 14.3 Å². The highest BCUT2D eigenvalue weighted by Crippen LogP contribution is 2.48. The SMILES string of the molecule is O=C(COc1ccc(Cl)c(F)c1)N[C@H]1CC[C@H](c2nnc([C@H]3C[C@@H]3COC(F)(F)F)o2)OC1. The Balaban J connectivity index is 1.18. The molecule has 4 rings (SSSR count). The minimum atomic E-state index is -4.66. The maximum atomic E-state index is 13.4. The van der Waals surface area contributed by atoms with Crippen molar-refractivity contribution in [1.29, 1.82) is 0 Å². The van der Waals surface area contributed by atoms with Crippen LogP contribution in [0.1, 0.15) is 43.1 Å². The molecule has 2 aliphatic rings. The molecule has 1 saturated carbocycles. The van der Waals surface area contributed by atoms with E-state index in [1.165, 1.54) is 12.1 Å². The summed E-state index contributed by atoms with van der Waals surface area (Å²) in [6.07, 6.45) is -3.55. The maximum Gasteiger partial charge on any atom is 0.522 e. The van der Waals surface area contributed by atoms with Crippen LogP contribution in [0, 0.1) is 11.7 Å². The zero-order chi connectivity index (χ0) is 23.6. The van der Waals surface area contributed by atoms with Gasteiger partial charge in [0, 0.05) is 12.0 Å². The summed E-state index contributed by atoms with van der Waals surface area (Å²) >= 11 is 5.60. The number of hydrogen-bond acceptors (Lipinski definition) is 7. The van der Waals surface area contributed by atoms with Crippen molar-refractivity contribution in [2.75, 3.05) is 19.8 Å². The lowest BCUT2D eigenvalue weighted by molar-refractivity contribution is -0.326. The van der Waals surface area contributed by atoms with E-state index in [1.54, 1.807) is 0 Å². The van der Waals surface area contributed by atoms with E-state index in [0.29, 0.717) is 19.3 Å². The number of nitrogens with zero attached hydrogens (tertiary/aromatic N) is 2. The van der Waals surface area contributed by atoms with Crippen LogP contribution in [0.25, 0.3) is 0 Å². The monoisotopic (exact) mass is 493 g/mol. The molecule has 4 atom stereocenters. The van der Waals surface area contributed by atoms with Crippen molar-refractivity contribution >= 4 is 17.5 Å². The van der Waals surface area contributed by atoms with Crippen molar-refractivity contribution in [2.45, 2.75) is 43.7 Å². The summed E-state index contributed by atoms with van der Waals surface area (Å²) in [6.45, 7) is -0.534. The first-order valence-electron chi connectivity index (χ1n) is 10.2. The Hall–Kier alpha value is -2.44. The first kappa shape index (κ1) is 23.7. The molecule has 2 fully saturated rings. The zero-order valence-corrected chi connectivity index (χ0v) is 17.9. The summed E-state index contributed by atoms with van der Waals surface area (Å²) in [4.78, 5) is 12.1. The number of aromatic nitrogens is 2. The number of rotatable bonds is 8. The molecule has 1 aliphatic carbocycles. The fourth-order valence-corrected chi connectivity index (χ4v) is 3.62. The molecule has 8 nitrogen and oxygen atoms in total. The molecule has 13 heteroatoms. The molecular formula is C20H20ClF4N3O5. The van der Waals surface area contributed by atoms with Gasteiger partial charge in [0.25, 0.3) is 5.91 Å². The molecule has 1 N–H and O–H groups in total. The van der Waals surface area contributed by atoms with Crippen LogP contribution in [0.2, 0.25) is 5.02 Å². The van der Waals surface area contributed by atoms with Gasteiger partial charge in [0.05, 0.1) is 24.3 Å². The third-order valence-electron chi connectivity index (χ3n) is 5.33. The normalized spacial score (nSPS) is 25.0. The second-order valence-electron chi connectivity index (χ2n) is 7.87. The number of nitrogens with one attached hydrogen (secondary N) is 1. The van der Waals surface area contributed by atoms with Gasteiger partial charge in [-0.3, -0.25) is 9.53 Å². The van der Waals surface area contributed by atoms with E-state index in [9.17, 15) is 22.4 Å². The Bertz CT molecular complexity index is 981. The van der Waals surface area contributed by atoms with Crippen LogP contribution >= 0.6 is 11.6 Å². The molecule has 2 aromatic rings. The second kappa shape index (κ2) is 9.82. The van der Waals surface area contributed by atoms with Crippen molar-refractivity contribution in [3.05, 3.63) is 40.8 Å². The third-order valence-corrected chi connectivity index (χ3v) is 5.64. The van der Waals surface area contributed by atoms with Gasteiger partial charge in [-0.15, -0.1) is 23.4 Å². The van der Waals surface area contributed by atoms with Gasteiger partial charge < -0.3 is 19.2 Å². The quantitative estimate of drug-likeness (QED) is 0.557. The third kappa shape index (κ3) is 6.55. The topological polar surface area (TPSA) is 95.7 Å². The van der Waals surface area contributed by atoms with Crippen molar-refractivity contribution < 1.29 is 41.0 Å². The van der Waals surface area contributed by atoms with Crippen LogP contribution in [0.3, 0.4) is 0 Å². The summed E-state index contributed by atoms with van der Waals surface area (Å²) < 4.78 is 70.2. The van der Waals surface area contributed by atoms with Gasteiger partial charge >= 0.3 is 6.36 Å². The predicted octanol–water partition coefficient (Wildman–Crippen LogP) is 3.92. The molecule has 1 aromatic carbocycles. The van der Waals surface area contributed by atoms with E-state index >= 15 is 0 Å². The smallest absolute Gasteiger partial charge is 0.484 e. The van der Waals surface area contributed by atoms with Crippen LogP contribution in [0.4, 0.5) is 17.6 Å². The first-order valence-corrected chi connectivity index (χ1v) is 10.6. The lowest BCUT2D eigenvalue weighted by atomic mass is 10.0. The number of amides is 1. The van der Waals surface area contributed by atoms with Gasteiger partial charge in [0.15, 0.2) is 6.61 Å². The molecule has 0 radical (unpaired) electrons. The molecular weight excluding hydrogens is 474 g/mol. The highest BCUT2D eigenvalue weighted by Gasteiger charge is 2.45. The van der Waals surface area contributed by atoms with Gasteiger partial charge in [-0.25, -0.2) is 4.39 Å².